The molecule has 1 atom stereocenters. The van der Waals surface area contributed by atoms with Gasteiger partial charge in [0.1, 0.15) is 5.75 Å². The molecule has 0 saturated carbocycles. The molecule has 0 radical (unpaired) electrons. The lowest BCUT2D eigenvalue weighted by Crippen LogP contribution is -2.28. The molecular weight excluding hydrogens is 262 g/mol. The van der Waals surface area contributed by atoms with E-state index in [9.17, 15) is 4.79 Å². The van der Waals surface area contributed by atoms with Gasteiger partial charge in [-0.15, -0.1) is 0 Å². The molecule has 0 amide bonds. The Balaban J connectivity index is 2.08. The molecule has 0 saturated heterocycles. The lowest BCUT2D eigenvalue weighted by Gasteiger charge is -2.24. The lowest BCUT2D eigenvalue weighted by molar-refractivity contribution is 0.0933. The molecule has 0 spiro atoms. The molecule has 3 nitrogen and oxygen atoms in total. The zero-order valence-corrected chi connectivity index (χ0v) is 12.7. The fourth-order valence-electron chi connectivity index (χ4n) is 2.42. The third-order valence-corrected chi connectivity index (χ3v) is 3.55. The summed E-state index contributed by atoms with van der Waals surface area (Å²) in [5.74, 6) is 0.902. The molecular formula is C18H21NO2. The zero-order chi connectivity index (χ0) is 15.2. The topological polar surface area (TPSA) is 29.5 Å². The van der Waals surface area contributed by atoms with Crippen LogP contribution in [0.3, 0.4) is 0 Å². The van der Waals surface area contributed by atoms with Crippen molar-refractivity contribution in [2.45, 2.75) is 6.92 Å². The molecule has 2 rings (SSSR count). The van der Waals surface area contributed by atoms with Crippen molar-refractivity contribution in [3.05, 3.63) is 60.2 Å². The fraction of sp³-hybridized carbons (Fsp3) is 0.278. The Kier molecular flexibility index (Phi) is 4.99. The van der Waals surface area contributed by atoms with Gasteiger partial charge in [0.05, 0.1) is 12.8 Å². The molecule has 0 bridgehead atoms. The van der Waals surface area contributed by atoms with Gasteiger partial charge >= 0.3 is 0 Å². The molecule has 0 aliphatic heterocycles. The van der Waals surface area contributed by atoms with Gasteiger partial charge in [0, 0.05) is 25.1 Å². The summed E-state index contributed by atoms with van der Waals surface area (Å²) in [5, 5.41) is 0. The van der Waals surface area contributed by atoms with E-state index < -0.39 is 0 Å². The van der Waals surface area contributed by atoms with Crippen LogP contribution in [0.15, 0.2) is 54.6 Å². The van der Waals surface area contributed by atoms with Crippen LogP contribution in [-0.4, -0.2) is 26.5 Å². The number of anilines is 1. The highest BCUT2D eigenvalue weighted by Gasteiger charge is 2.18. The molecule has 2 aromatic rings. The highest BCUT2D eigenvalue weighted by atomic mass is 16.5. The minimum absolute atomic E-state index is 0.0812. The van der Waals surface area contributed by atoms with Crippen molar-refractivity contribution in [3.8, 4) is 5.75 Å². The summed E-state index contributed by atoms with van der Waals surface area (Å²) in [5.41, 5.74) is 1.76. The summed E-state index contributed by atoms with van der Waals surface area (Å²) >= 11 is 0. The first-order valence-electron chi connectivity index (χ1n) is 7.07. The predicted molar refractivity (Wildman–Crippen MR) is 86.2 cm³/mol. The second-order valence-electron chi connectivity index (χ2n) is 5.18. The maximum absolute atomic E-state index is 12.4. The standard InChI is InChI=1S/C18H21NO2/c1-14(18(20)15-9-5-4-6-10-15)13-19(2)16-11-7-8-12-17(16)21-3/h4-12,14H,13H2,1-3H3. The number of para-hydroxylation sites is 2. The smallest absolute Gasteiger partial charge is 0.167 e. The SMILES string of the molecule is COc1ccccc1N(C)CC(C)C(=O)c1ccccc1. The molecule has 0 heterocycles. The van der Waals surface area contributed by atoms with E-state index in [-0.39, 0.29) is 11.7 Å². The van der Waals surface area contributed by atoms with Crippen molar-refractivity contribution in [1.82, 2.24) is 0 Å². The number of hydrogen-bond donors (Lipinski definition) is 0. The average Bonchev–Trinajstić information content (AvgIpc) is 2.54. The number of carbonyl (C=O) groups excluding carboxylic acids is 1. The van der Waals surface area contributed by atoms with Crippen molar-refractivity contribution in [2.24, 2.45) is 5.92 Å². The molecule has 1 unspecified atom stereocenters. The quantitative estimate of drug-likeness (QED) is 0.758. The third-order valence-electron chi connectivity index (χ3n) is 3.55. The van der Waals surface area contributed by atoms with E-state index in [2.05, 4.69) is 4.90 Å². The normalized spacial score (nSPS) is 11.8. The summed E-state index contributed by atoms with van der Waals surface area (Å²) in [4.78, 5) is 14.5. The van der Waals surface area contributed by atoms with E-state index in [0.717, 1.165) is 17.0 Å². The Morgan fingerprint density at radius 3 is 2.38 bits per heavy atom. The number of carbonyl (C=O) groups is 1. The number of ketones is 1. The number of Topliss-reactive ketones (excluding diaryl/α,β-unsaturated/α-hetero) is 1. The van der Waals surface area contributed by atoms with Crippen LogP contribution in [0.5, 0.6) is 5.75 Å². The van der Waals surface area contributed by atoms with E-state index in [4.69, 9.17) is 4.74 Å². The first kappa shape index (κ1) is 15.1. The number of nitrogens with zero attached hydrogens (tertiary/aromatic N) is 1. The van der Waals surface area contributed by atoms with Crippen molar-refractivity contribution in [2.75, 3.05) is 25.6 Å². The Morgan fingerprint density at radius 1 is 1.10 bits per heavy atom. The summed E-state index contributed by atoms with van der Waals surface area (Å²) in [6.45, 7) is 2.61. The molecule has 21 heavy (non-hydrogen) atoms. The molecule has 0 fully saturated rings. The van der Waals surface area contributed by atoms with Crippen LogP contribution >= 0.6 is 0 Å². The van der Waals surface area contributed by atoms with Gasteiger partial charge in [0.2, 0.25) is 0 Å². The molecule has 0 N–H and O–H groups in total. The highest BCUT2D eigenvalue weighted by molar-refractivity contribution is 5.97. The largest absolute Gasteiger partial charge is 0.495 e. The van der Waals surface area contributed by atoms with Crippen LogP contribution in [0.1, 0.15) is 17.3 Å². The van der Waals surface area contributed by atoms with E-state index in [0.29, 0.717) is 6.54 Å². The van der Waals surface area contributed by atoms with Crippen LogP contribution in [-0.2, 0) is 0 Å². The molecule has 2 aromatic carbocycles. The molecule has 0 aromatic heterocycles. The molecule has 3 heteroatoms. The van der Waals surface area contributed by atoms with Gasteiger partial charge in [-0.25, -0.2) is 0 Å². The van der Waals surface area contributed by atoms with E-state index in [1.165, 1.54) is 0 Å². The van der Waals surface area contributed by atoms with E-state index in [1.54, 1.807) is 7.11 Å². The Morgan fingerprint density at radius 2 is 1.71 bits per heavy atom. The second kappa shape index (κ2) is 6.93. The minimum atomic E-state index is -0.0812. The maximum Gasteiger partial charge on any atom is 0.167 e. The Hall–Kier alpha value is -2.29. The molecule has 0 aliphatic rings. The van der Waals surface area contributed by atoms with Gasteiger partial charge in [-0.2, -0.15) is 0 Å². The number of rotatable bonds is 6. The number of ether oxygens (including phenoxy) is 1. The molecule has 0 aliphatic carbocycles. The van der Waals surface area contributed by atoms with Gasteiger partial charge in [-0.05, 0) is 12.1 Å². The van der Waals surface area contributed by atoms with Crippen LogP contribution in [0.2, 0.25) is 0 Å². The van der Waals surface area contributed by atoms with Crippen LogP contribution < -0.4 is 9.64 Å². The van der Waals surface area contributed by atoms with Crippen molar-refractivity contribution in [1.29, 1.82) is 0 Å². The summed E-state index contributed by atoms with van der Waals surface area (Å²) in [6, 6.07) is 17.3. The predicted octanol–water partition coefficient (Wildman–Crippen LogP) is 3.65. The summed E-state index contributed by atoms with van der Waals surface area (Å²) < 4.78 is 5.37. The fourth-order valence-corrected chi connectivity index (χ4v) is 2.42. The Labute approximate surface area is 126 Å². The summed E-state index contributed by atoms with van der Waals surface area (Å²) in [6.07, 6.45) is 0. The second-order valence-corrected chi connectivity index (χ2v) is 5.18. The van der Waals surface area contributed by atoms with Crippen molar-refractivity contribution in [3.63, 3.8) is 0 Å². The summed E-state index contributed by atoms with van der Waals surface area (Å²) in [7, 11) is 3.64. The minimum Gasteiger partial charge on any atom is -0.495 e. The third kappa shape index (κ3) is 3.63. The van der Waals surface area contributed by atoms with E-state index in [1.807, 2.05) is 68.6 Å². The highest BCUT2D eigenvalue weighted by Crippen LogP contribution is 2.27. The zero-order valence-electron chi connectivity index (χ0n) is 12.7. The van der Waals surface area contributed by atoms with Crippen molar-refractivity contribution >= 4 is 11.5 Å². The average molecular weight is 283 g/mol. The van der Waals surface area contributed by atoms with Gasteiger partial charge in [-0.1, -0.05) is 49.4 Å². The van der Waals surface area contributed by atoms with Gasteiger partial charge < -0.3 is 9.64 Å². The first-order chi connectivity index (χ1) is 10.1. The van der Waals surface area contributed by atoms with E-state index >= 15 is 0 Å². The van der Waals surface area contributed by atoms with Crippen LogP contribution in [0, 0.1) is 5.92 Å². The Bertz CT molecular complexity index is 595. The van der Waals surface area contributed by atoms with Crippen molar-refractivity contribution < 1.29 is 9.53 Å². The number of benzene rings is 2. The van der Waals surface area contributed by atoms with Crippen LogP contribution in [0.4, 0.5) is 5.69 Å². The first-order valence-corrected chi connectivity index (χ1v) is 7.07. The monoisotopic (exact) mass is 283 g/mol. The number of methoxy groups -OCH3 is 1. The van der Waals surface area contributed by atoms with Crippen LogP contribution in [0.25, 0.3) is 0 Å². The molecule has 110 valence electrons. The van der Waals surface area contributed by atoms with Gasteiger partial charge in [-0.3, -0.25) is 4.79 Å². The number of hydrogen-bond acceptors (Lipinski definition) is 3. The maximum atomic E-state index is 12.4. The van der Waals surface area contributed by atoms with Gasteiger partial charge in [0.25, 0.3) is 0 Å². The lowest BCUT2D eigenvalue weighted by atomic mass is 9.99. The van der Waals surface area contributed by atoms with Gasteiger partial charge in [0.15, 0.2) is 5.78 Å².